The molecule has 0 bridgehead atoms. The quantitative estimate of drug-likeness (QED) is 0.621. The van der Waals surface area contributed by atoms with Crippen LogP contribution in [0, 0.1) is 11.8 Å². The highest BCUT2D eigenvalue weighted by molar-refractivity contribution is 4.80. The van der Waals surface area contributed by atoms with Crippen LogP contribution in [0.2, 0.25) is 0 Å². The van der Waals surface area contributed by atoms with Crippen LogP contribution in [0.3, 0.4) is 0 Å². The van der Waals surface area contributed by atoms with Gasteiger partial charge < -0.3 is 0 Å². The number of hydrogen-bond acceptors (Lipinski definition) is 1. The van der Waals surface area contributed by atoms with Crippen molar-refractivity contribution in [1.82, 2.24) is 5.06 Å². The summed E-state index contributed by atoms with van der Waals surface area (Å²) < 4.78 is 0. The predicted octanol–water partition coefficient (Wildman–Crippen LogP) is 3.11. The minimum absolute atomic E-state index is 0.125. The summed E-state index contributed by atoms with van der Waals surface area (Å²) in [6, 6.07) is 0.125. The smallest absolute Gasteiger partial charge is 0.0435 e. The Labute approximate surface area is 82.9 Å². The molecule has 0 unspecified atom stereocenters. The molecular weight excluding hydrogens is 162 g/mol. The van der Waals surface area contributed by atoms with E-state index in [-0.39, 0.29) is 11.6 Å². The number of rotatable bonds is 3. The van der Waals surface area contributed by atoms with Crippen LogP contribution >= 0.6 is 0 Å². The van der Waals surface area contributed by atoms with Gasteiger partial charge >= 0.3 is 0 Å². The minimum atomic E-state index is -0.279. The molecule has 0 rings (SSSR count). The standard InChI is InChI=1S/C11H24NO/c1-8(2)10(9(3)4)12(13)11(5,6)7/h8-10H,1-7H3. The highest BCUT2D eigenvalue weighted by Crippen LogP contribution is 2.24. The van der Waals surface area contributed by atoms with Gasteiger partial charge in [0.2, 0.25) is 0 Å². The summed E-state index contributed by atoms with van der Waals surface area (Å²) in [6.45, 7) is 14.4. The van der Waals surface area contributed by atoms with Crippen LogP contribution in [0.4, 0.5) is 0 Å². The van der Waals surface area contributed by atoms with Crippen molar-refractivity contribution >= 4 is 0 Å². The van der Waals surface area contributed by atoms with E-state index in [1.54, 1.807) is 0 Å². The first kappa shape index (κ1) is 12.9. The summed E-state index contributed by atoms with van der Waals surface area (Å²) in [4.78, 5) is 0. The van der Waals surface area contributed by atoms with E-state index in [1.165, 1.54) is 5.06 Å². The summed E-state index contributed by atoms with van der Waals surface area (Å²) in [7, 11) is 0. The SMILES string of the molecule is CC(C)C(C(C)C)N([O])C(C)(C)C. The van der Waals surface area contributed by atoms with Gasteiger partial charge in [-0.3, -0.25) is 0 Å². The fourth-order valence-electron chi connectivity index (χ4n) is 1.76. The minimum Gasteiger partial charge on any atom is -0.146 e. The molecule has 1 radical (unpaired) electrons. The van der Waals surface area contributed by atoms with Crippen molar-refractivity contribution in [3.05, 3.63) is 0 Å². The maximum absolute atomic E-state index is 12.0. The van der Waals surface area contributed by atoms with Gasteiger partial charge in [0.15, 0.2) is 0 Å². The Morgan fingerprint density at radius 3 is 1.31 bits per heavy atom. The second-order valence-electron chi connectivity index (χ2n) is 5.48. The average Bonchev–Trinajstić information content (AvgIpc) is 1.82. The zero-order valence-electron chi connectivity index (χ0n) is 10.1. The van der Waals surface area contributed by atoms with E-state index in [1.807, 2.05) is 20.8 Å². The van der Waals surface area contributed by atoms with Gasteiger partial charge in [0, 0.05) is 11.6 Å². The van der Waals surface area contributed by atoms with E-state index in [2.05, 4.69) is 27.7 Å². The van der Waals surface area contributed by atoms with Crippen molar-refractivity contribution in [2.75, 3.05) is 0 Å². The molecule has 0 aliphatic rings. The van der Waals surface area contributed by atoms with Crippen LogP contribution in [-0.4, -0.2) is 16.6 Å². The Bertz CT molecular complexity index is 139. The lowest BCUT2D eigenvalue weighted by Gasteiger charge is -2.38. The first-order valence-corrected chi connectivity index (χ1v) is 5.14. The summed E-state index contributed by atoms with van der Waals surface area (Å²) in [6.07, 6.45) is 0. The highest BCUT2D eigenvalue weighted by Gasteiger charge is 2.32. The Hall–Kier alpha value is -0.0800. The molecule has 0 aliphatic carbocycles. The average molecular weight is 186 g/mol. The van der Waals surface area contributed by atoms with E-state index < -0.39 is 0 Å². The maximum atomic E-state index is 12.0. The van der Waals surface area contributed by atoms with Crippen molar-refractivity contribution in [1.29, 1.82) is 0 Å². The molecular formula is C11H24NO. The van der Waals surface area contributed by atoms with Gasteiger partial charge in [0.1, 0.15) is 0 Å². The molecule has 0 atom stereocenters. The lowest BCUT2D eigenvalue weighted by Crippen LogP contribution is -2.49. The zero-order valence-corrected chi connectivity index (χ0v) is 10.1. The molecule has 0 aromatic carbocycles. The van der Waals surface area contributed by atoms with Crippen LogP contribution in [0.25, 0.3) is 0 Å². The number of hydroxylamine groups is 2. The molecule has 0 aromatic rings. The third-order valence-corrected chi connectivity index (χ3v) is 2.30. The summed E-state index contributed by atoms with van der Waals surface area (Å²) >= 11 is 0. The summed E-state index contributed by atoms with van der Waals surface area (Å²) in [5, 5.41) is 13.2. The maximum Gasteiger partial charge on any atom is 0.0435 e. The zero-order chi connectivity index (χ0) is 10.8. The van der Waals surface area contributed by atoms with E-state index in [0.29, 0.717) is 11.8 Å². The molecule has 0 saturated carbocycles. The van der Waals surface area contributed by atoms with E-state index >= 15 is 0 Å². The molecule has 0 aliphatic heterocycles. The number of nitrogens with zero attached hydrogens (tertiary/aromatic N) is 1. The first-order valence-electron chi connectivity index (χ1n) is 5.14. The van der Waals surface area contributed by atoms with Gasteiger partial charge in [-0.05, 0) is 32.6 Å². The summed E-state index contributed by atoms with van der Waals surface area (Å²) in [5.74, 6) is 0.827. The Morgan fingerprint density at radius 2 is 1.23 bits per heavy atom. The van der Waals surface area contributed by atoms with Crippen molar-refractivity contribution in [3.63, 3.8) is 0 Å². The van der Waals surface area contributed by atoms with E-state index in [0.717, 1.165) is 0 Å². The van der Waals surface area contributed by atoms with Gasteiger partial charge in [-0.1, -0.05) is 27.7 Å². The van der Waals surface area contributed by atoms with Gasteiger partial charge in [0.05, 0.1) is 0 Å². The van der Waals surface area contributed by atoms with Crippen molar-refractivity contribution in [2.45, 2.75) is 60.0 Å². The molecule has 0 saturated heterocycles. The largest absolute Gasteiger partial charge is 0.146 e. The first-order chi connectivity index (χ1) is 5.68. The van der Waals surface area contributed by atoms with Gasteiger partial charge in [-0.15, -0.1) is 10.3 Å². The molecule has 2 heteroatoms. The molecule has 0 spiro atoms. The molecule has 13 heavy (non-hydrogen) atoms. The van der Waals surface area contributed by atoms with Crippen LogP contribution in [0.5, 0.6) is 0 Å². The van der Waals surface area contributed by atoms with Gasteiger partial charge in [-0.25, -0.2) is 0 Å². The van der Waals surface area contributed by atoms with Crippen LogP contribution in [-0.2, 0) is 5.21 Å². The fourth-order valence-corrected chi connectivity index (χ4v) is 1.76. The van der Waals surface area contributed by atoms with Crippen molar-refractivity contribution in [3.8, 4) is 0 Å². The predicted molar refractivity (Wildman–Crippen MR) is 55.7 cm³/mol. The van der Waals surface area contributed by atoms with Gasteiger partial charge in [-0.2, -0.15) is 0 Å². The topological polar surface area (TPSA) is 23.1 Å². The highest BCUT2D eigenvalue weighted by atomic mass is 16.5. The Kier molecular flexibility index (Phi) is 4.40. The van der Waals surface area contributed by atoms with Crippen LogP contribution < -0.4 is 0 Å². The molecule has 0 heterocycles. The lowest BCUT2D eigenvalue weighted by molar-refractivity contribution is -0.255. The second kappa shape index (κ2) is 4.43. The molecule has 79 valence electrons. The Morgan fingerprint density at radius 1 is 0.923 bits per heavy atom. The van der Waals surface area contributed by atoms with Crippen LogP contribution in [0.15, 0.2) is 0 Å². The van der Waals surface area contributed by atoms with Crippen LogP contribution in [0.1, 0.15) is 48.5 Å². The third kappa shape index (κ3) is 3.65. The molecule has 0 fully saturated rings. The molecule has 0 N–H and O–H groups in total. The van der Waals surface area contributed by atoms with Crippen molar-refractivity contribution < 1.29 is 5.21 Å². The normalized spacial score (nSPS) is 13.8. The fraction of sp³-hybridized carbons (Fsp3) is 1.00. The van der Waals surface area contributed by atoms with E-state index in [4.69, 9.17) is 0 Å². The van der Waals surface area contributed by atoms with Gasteiger partial charge in [0.25, 0.3) is 0 Å². The lowest BCUT2D eigenvalue weighted by atomic mass is 9.90. The molecule has 0 aromatic heterocycles. The third-order valence-electron chi connectivity index (χ3n) is 2.30. The second-order valence-corrected chi connectivity index (χ2v) is 5.48. The molecule has 2 nitrogen and oxygen atoms in total. The summed E-state index contributed by atoms with van der Waals surface area (Å²) in [5.41, 5.74) is -0.279. The van der Waals surface area contributed by atoms with E-state index in [9.17, 15) is 5.21 Å². The molecule has 0 amide bonds. The van der Waals surface area contributed by atoms with Crippen molar-refractivity contribution in [2.24, 2.45) is 11.8 Å². The monoisotopic (exact) mass is 186 g/mol. The number of hydrogen-bond donors (Lipinski definition) is 0. The Balaban J connectivity index is 4.56.